The lowest BCUT2D eigenvalue weighted by atomic mass is 10.1. The fraction of sp³-hybridized carbons (Fsp3) is 0.450. The van der Waals surface area contributed by atoms with Crippen molar-refractivity contribution in [1.29, 1.82) is 0 Å². The summed E-state index contributed by atoms with van der Waals surface area (Å²) in [7, 11) is 0. The number of amides is 4. The first-order chi connectivity index (χ1) is 14.7. The van der Waals surface area contributed by atoms with E-state index in [1.54, 1.807) is 0 Å². The Kier molecular flexibility index (Phi) is 8.50. The summed E-state index contributed by atoms with van der Waals surface area (Å²) < 4.78 is 0. The second-order valence-corrected chi connectivity index (χ2v) is 7.33. The monoisotopic (exact) mass is 433 g/mol. The lowest BCUT2D eigenvalue weighted by molar-refractivity contribution is -0.145. The zero-order chi connectivity index (χ0) is 23.0. The maximum Gasteiger partial charge on any atom is 0.326 e. The summed E-state index contributed by atoms with van der Waals surface area (Å²) in [6.45, 7) is -0.0504. The van der Waals surface area contributed by atoms with E-state index in [0.29, 0.717) is 19.3 Å². The molecule has 7 N–H and O–H groups in total. The van der Waals surface area contributed by atoms with Crippen molar-refractivity contribution in [2.45, 2.75) is 43.8 Å². The average molecular weight is 433 g/mol. The largest absolute Gasteiger partial charge is 0.480 e. The molecule has 1 aromatic carbocycles. The highest BCUT2D eigenvalue weighted by Gasteiger charge is 2.36. The molecule has 0 spiro atoms. The van der Waals surface area contributed by atoms with Crippen molar-refractivity contribution in [1.82, 2.24) is 15.5 Å². The predicted molar refractivity (Wildman–Crippen MR) is 109 cm³/mol. The van der Waals surface area contributed by atoms with E-state index in [1.807, 2.05) is 30.3 Å². The summed E-state index contributed by atoms with van der Waals surface area (Å²) in [4.78, 5) is 60.7. The van der Waals surface area contributed by atoms with Gasteiger partial charge < -0.3 is 32.1 Å². The molecule has 168 valence electrons. The minimum absolute atomic E-state index is 0.288. The normalized spacial score (nSPS) is 17.5. The summed E-state index contributed by atoms with van der Waals surface area (Å²) in [6, 6.07) is 6.00. The van der Waals surface area contributed by atoms with Crippen LogP contribution in [0.4, 0.5) is 0 Å². The van der Waals surface area contributed by atoms with Gasteiger partial charge in [0.15, 0.2) is 0 Å². The summed E-state index contributed by atoms with van der Waals surface area (Å²) in [6.07, 6.45) is 0.629. The molecule has 1 aromatic rings. The fourth-order valence-corrected chi connectivity index (χ4v) is 3.36. The molecule has 1 saturated heterocycles. The Morgan fingerprint density at radius 1 is 1.16 bits per heavy atom. The van der Waals surface area contributed by atoms with Gasteiger partial charge in [0.1, 0.15) is 12.1 Å². The topological polar surface area (TPSA) is 185 Å². The number of nitrogens with two attached hydrogens (primary N) is 2. The van der Waals surface area contributed by atoms with Crippen molar-refractivity contribution in [2.75, 3.05) is 13.1 Å². The Labute approximate surface area is 179 Å². The second kappa shape index (κ2) is 11.1. The van der Waals surface area contributed by atoms with E-state index in [1.165, 1.54) is 4.90 Å². The molecule has 0 saturated carbocycles. The first kappa shape index (κ1) is 23.8. The molecule has 11 nitrogen and oxygen atoms in total. The van der Waals surface area contributed by atoms with Crippen LogP contribution in [0.25, 0.3) is 0 Å². The molecule has 4 amide bonds. The number of carbonyl (C=O) groups excluding carboxylic acids is 4. The number of primary amides is 1. The minimum Gasteiger partial charge on any atom is -0.480 e. The van der Waals surface area contributed by atoms with E-state index in [9.17, 15) is 24.0 Å². The number of hydrogen-bond acceptors (Lipinski definition) is 6. The molecular formula is C20H27N5O6. The van der Waals surface area contributed by atoms with Crippen LogP contribution in [0.1, 0.15) is 24.8 Å². The minimum atomic E-state index is -1.47. The Hall–Kier alpha value is -3.47. The highest BCUT2D eigenvalue weighted by Crippen LogP contribution is 2.18. The fourth-order valence-electron chi connectivity index (χ4n) is 3.36. The average Bonchev–Trinajstić information content (AvgIpc) is 3.21. The number of hydrogen-bond donors (Lipinski definition) is 5. The van der Waals surface area contributed by atoms with Crippen LogP contribution in [0.2, 0.25) is 0 Å². The van der Waals surface area contributed by atoms with Gasteiger partial charge in [-0.15, -0.1) is 0 Å². The Morgan fingerprint density at radius 2 is 1.84 bits per heavy atom. The van der Waals surface area contributed by atoms with E-state index in [4.69, 9.17) is 16.6 Å². The third kappa shape index (κ3) is 7.07. The molecule has 1 fully saturated rings. The van der Waals surface area contributed by atoms with Gasteiger partial charge in [0.2, 0.25) is 23.6 Å². The van der Waals surface area contributed by atoms with E-state index in [-0.39, 0.29) is 13.1 Å². The maximum atomic E-state index is 12.5. The van der Waals surface area contributed by atoms with Gasteiger partial charge in [-0.1, -0.05) is 30.3 Å². The van der Waals surface area contributed by atoms with Crippen LogP contribution in [0.5, 0.6) is 0 Å². The predicted octanol–water partition coefficient (Wildman–Crippen LogP) is -1.89. The molecule has 31 heavy (non-hydrogen) atoms. The molecule has 0 bridgehead atoms. The number of likely N-dealkylation sites (tertiary alicyclic amines) is 1. The first-order valence-electron chi connectivity index (χ1n) is 9.87. The zero-order valence-electron chi connectivity index (χ0n) is 17.0. The summed E-state index contributed by atoms with van der Waals surface area (Å²) in [5, 5.41) is 13.9. The second-order valence-electron chi connectivity index (χ2n) is 7.33. The number of nitrogens with one attached hydrogen (secondary N) is 2. The van der Waals surface area contributed by atoms with Crippen molar-refractivity contribution in [3.05, 3.63) is 35.9 Å². The number of nitrogens with zero attached hydrogens (tertiary/aromatic N) is 1. The van der Waals surface area contributed by atoms with Crippen molar-refractivity contribution in [3.63, 3.8) is 0 Å². The third-order valence-corrected chi connectivity index (χ3v) is 4.94. The van der Waals surface area contributed by atoms with E-state index in [2.05, 4.69) is 10.6 Å². The molecular weight excluding hydrogens is 406 g/mol. The van der Waals surface area contributed by atoms with Crippen molar-refractivity contribution in [3.8, 4) is 0 Å². The molecule has 1 heterocycles. The zero-order valence-corrected chi connectivity index (χ0v) is 17.0. The summed E-state index contributed by atoms with van der Waals surface area (Å²) in [5.41, 5.74) is 11.8. The summed E-state index contributed by atoms with van der Waals surface area (Å²) in [5.74, 6) is -3.94. The number of carbonyl (C=O) groups is 5. The maximum absolute atomic E-state index is 12.5. The van der Waals surface area contributed by atoms with Crippen molar-refractivity contribution >= 4 is 29.6 Å². The molecule has 1 aliphatic heterocycles. The van der Waals surface area contributed by atoms with Crippen LogP contribution in [0.3, 0.4) is 0 Å². The number of carboxylic acids is 1. The molecule has 3 unspecified atom stereocenters. The molecule has 1 aliphatic rings. The number of benzene rings is 1. The SMILES string of the molecule is NC(=O)CC(NC(=O)C1CCCN1C(=O)CNC(=O)C(N)Cc1ccccc1)C(=O)O. The number of carboxylic acid groups (broad SMARTS) is 1. The number of rotatable bonds is 10. The Balaban J connectivity index is 1.88. The molecule has 0 radical (unpaired) electrons. The van der Waals surface area contributed by atoms with Crippen LogP contribution in [-0.2, 0) is 30.4 Å². The molecule has 11 heteroatoms. The van der Waals surface area contributed by atoms with Crippen molar-refractivity contribution in [2.24, 2.45) is 11.5 Å². The van der Waals surface area contributed by atoms with Gasteiger partial charge in [0.25, 0.3) is 0 Å². The van der Waals surface area contributed by atoms with Crippen LogP contribution in [-0.4, -0.2) is 70.8 Å². The van der Waals surface area contributed by atoms with Gasteiger partial charge in [0.05, 0.1) is 19.0 Å². The molecule has 0 aromatic heterocycles. The van der Waals surface area contributed by atoms with E-state index in [0.717, 1.165) is 5.56 Å². The van der Waals surface area contributed by atoms with Crippen LogP contribution >= 0.6 is 0 Å². The Morgan fingerprint density at radius 3 is 2.45 bits per heavy atom. The molecule has 0 aliphatic carbocycles. The van der Waals surface area contributed by atoms with E-state index < -0.39 is 54.1 Å². The van der Waals surface area contributed by atoms with Crippen LogP contribution in [0, 0.1) is 0 Å². The van der Waals surface area contributed by atoms with Gasteiger partial charge in [-0.05, 0) is 24.8 Å². The Bertz CT molecular complexity index is 831. The van der Waals surface area contributed by atoms with Gasteiger partial charge in [-0.25, -0.2) is 4.79 Å². The van der Waals surface area contributed by atoms with E-state index >= 15 is 0 Å². The quantitative estimate of drug-likeness (QED) is 0.285. The van der Waals surface area contributed by atoms with Crippen LogP contribution in [0.15, 0.2) is 30.3 Å². The first-order valence-corrected chi connectivity index (χ1v) is 9.87. The smallest absolute Gasteiger partial charge is 0.326 e. The molecule has 2 rings (SSSR count). The van der Waals surface area contributed by atoms with Crippen molar-refractivity contribution < 1.29 is 29.1 Å². The van der Waals surface area contributed by atoms with Gasteiger partial charge in [0, 0.05) is 6.54 Å². The van der Waals surface area contributed by atoms with Crippen LogP contribution < -0.4 is 22.1 Å². The lowest BCUT2D eigenvalue weighted by Gasteiger charge is -2.25. The standard InChI is InChI=1S/C20H27N5O6/c21-13(9-12-5-2-1-3-6-12)18(28)23-11-17(27)25-8-4-7-15(25)19(29)24-14(20(30)31)10-16(22)26/h1-3,5-6,13-15H,4,7-11,21H2,(H2,22,26)(H,23,28)(H,24,29)(H,30,31). The highest BCUT2D eigenvalue weighted by atomic mass is 16.4. The highest BCUT2D eigenvalue weighted by molar-refractivity contribution is 5.94. The summed E-state index contributed by atoms with van der Waals surface area (Å²) >= 11 is 0. The third-order valence-electron chi connectivity index (χ3n) is 4.94. The lowest BCUT2D eigenvalue weighted by Crippen LogP contribution is -2.53. The van der Waals surface area contributed by atoms with Gasteiger partial charge >= 0.3 is 5.97 Å². The number of aliphatic carboxylic acids is 1. The van der Waals surface area contributed by atoms with Gasteiger partial charge in [-0.3, -0.25) is 19.2 Å². The van der Waals surface area contributed by atoms with Gasteiger partial charge in [-0.2, -0.15) is 0 Å². The molecule has 3 atom stereocenters.